The number of carbonyl (C=O) groups excluding carboxylic acids is 1. The van der Waals surface area contributed by atoms with Gasteiger partial charge in [0.2, 0.25) is 5.91 Å². The van der Waals surface area contributed by atoms with Crippen LogP contribution in [0.25, 0.3) is 0 Å². The fraction of sp³-hybridized carbons (Fsp3) is 0.588. The molecule has 4 nitrogen and oxygen atoms in total. The fourth-order valence-electron chi connectivity index (χ4n) is 2.56. The van der Waals surface area contributed by atoms with E-state index < -0.39 is 0 Å². The normalized spacial score (nSPS) is 18.4. The summed E-state index contributed by atoms with van der Waals surface area (Å²) in [4.78, 5) is 12.0. The molecule has 21 heavy (non-hydrogen) atoms. The fourth-order valence-corrected chi connectivity index (χ4v) is 2.56. The molecule has 1 aliphatic heterocycles. The molecular weight excluding hydrogens is 264 g/mol. The number of amides is 1. The van der Waals surface area contributed by atoms with Gasteiger partial charge in [0.05, 0.1) is 12.5 Å². The Morgan fingerprint density at radius 2 is 2.29 bits per heavy atom. The van der Waals surface area contributed by atoms with Gasteiger partial charge in [-0.25, -0.2) is 0 Å². The number of ether oxygens (including phenoxy) is 1. The highest BCUT2D eigenvalue weighted by Gasteiger charge is 2.17. The minimum Gasteiger partial charge on any atom is -0.378 e. The summed E-state index contributed by atoms with van der Waals surface area (Å²) >= 11 is 0. The summed E-state index contributed by atoms with van der Waals surface area (Å²) in [5.41, 5.74) is 2.06. The molecule has 0 aromatic heterocycles. The van der Waals surface area contributed by atoms with Crippen LogP contribution in [-0.2, 0) is 16.1 Å². The molecule has 0 spiro atoms. The lowest BCUT2D eigenvalue weighted by molar-refractivity contribution is -0.119. The number of hydrogen-bond donors (Lipinski definition) is 2. The second kappa shape index (κ2) is 8.80. The lowest BCUT2D eigenvalue weighted by Crippen LogP contribution is -2.25. The molecule has 1 aromatic rings. The van der Waals surface area contributed by atoms with E-state index in [1.165, 1.54) is 5.56 Å². The van der Waals surface area contributed by atoms with Gasteiger partial charge >= 0.3 is 0 Å². The minimum absolute atomic E-state index is 0.0422. The molecule has 1 fully saturated rings. The Kier molecular flexibility index (Phi) is 6.70. The van der Waals surface area contributed by atoms with Crippen molar-refractivity contribution in [1.82, 2.24) is 5.32 Å². The predicted octanol–water partition coefficient (Wildman–Crippen LogP) is 3.08. The largest absolute Gasteiger partial charge is 0.378 e. The van der Waals surface area contributed by atoms with Gasteiger partial charge in [-0.2, -0.15) is 0 Å². The van der Waals surface area contributed by atoms with Crippen molar-refractivity contribution < 1.29 is 9.53 Å². The van der Waals surface area contributed by atoms with Gasteiger partial charge < -0.3 is 15.4 Å². The van der Waals surface area contributed by atoms with Gasteiger partial charge in [-0.15, -0.1) is 0 Å². The van der Waals surface area contributed by atoms with Crippen molar-refractivity contribution in [2.75, 3.05) is 18.5 Å². The lowest BCUT2D eigenvalue weighted by atomic mass is 10.1. The van der Waals surface area contributed by atoms with Crippen LogP contribution in [0.3, 0.4) is 0 Å². The first-order chi connectivity index (χ1) is 10.3. The molecule has 1 atom stereocenters. The number of benzene rings is 1. The molecule has 1 unspecified atom stereocenters. The highest BCUT2D eigenvalue weighted by Crippen LogP contribution is 2.17. The Bertz CT molecular complexity index is 442. The molecule has 2 rings (SSSR count). The highest BCUT2D eigenvalue weighted by atomic mass is 16.5. The molecule has 1 aliphatic rings. The van der Waals surface area contributed by atoms with Gasteiger partial charge in [-0.3, -0.25) is 4.79 Å². The zero-order chi connectivity index (χ0) is 14.9. The van der Waals surface area contributed by atoms with Gasteiger partial charge in [-0.1, -0.05) is 19.1 Å². The number of carbonyl (C=O) groups is 1. The summed E-state index contributed by atoms with van der Waals surface area (Å²) in [6.45, 7) is 4.78. The zero-order valence-corrected chi connectivity index (χ0v) is 12.9. The van der Waals surface area contributed by atoms with E-state index in [-0.39, 0.29) is 12.0 Å². The molecule has 4 heteroatoms. The molecule has 1 amide bonds. The molecule has 1 saturated heterocycles. The number of hydrogen-bond acceptors (Lipinski definition) is 3. The second-order valence-electron chi connectivity index (χ2n) is 5.62. The van der Waals surface area contributed by atoms with Crippen molar-refractivity contribution in [3.63, 3.8) is 0 Å². The SMILES string of the molecule is CCCNCc1cccc(NC(=O)CC2CCCCO2)c1. The number of rotatable bonds is 7. The third kappa shape index (κ3) is 5.86. The van der Waals surface area contributed by atoms with Crippen molar-refractivity contribution in [3.05, 3.63) is 29.8 Å². The molecular formula is C17H26N2O2. The molecule has 2 N–H and O–H groups in total. The quantitative estimate of drug-likeness (QED) is 0.759. The van der Waals surface area contributed by atoms with Crippen molar-refractivity contribution in [2.24, 2.45) is 0 Å². The van der Waals surface area contributed by atoms with Crippen LogP contribution in [0, 0.1) is 0 Å². The van der Waals surface area contributed by atoms with E-state index >= 15 is 0 Å². The standard InChI is InChI=1S/C17H26N2O2/c1-2-9-18-13-14-6-5-7-15(11-14)19-17(20)12-16-8-3-4-10-21-16/h5-7,11,16,18H,2-4,8-10,12-13H2,1H3,(H,19,20). The Balaban J connectivity index is 1.80. The van der Waals surface area contributed by atoms with Crippen LogP contribution in [-0.4, -0.2) is 25.2 Å². The molecule has 1 aromatic carbocycles. The van der Waals surface area contributed by atoms with Crippen LogP contribution in [0.4, 0.5) is 5.69 Å². The van der Waals surface area contributed by atoms with E-state index in [9.17, 15) is 4.79 Å². The first-order valence-corrected chi connectivity index (χ1v) is 7.99. The first kappa shape index (κ1) is 16.0. The molecule has 0 radical (unpaired) electrons. The summed E-state index contributed by atoms with van der Waals surface area (Å²) in [7, 11) is 0. The Labute approximate surface area is 127 Å². The second-order valence-corrected chi connectivity index (χ2v) is 5.62. The maximum atomic E-state index is 12.0. The van der Waals surface area contributed by atoms with Crippen LogP contribution in [0.1, 0.15) is 44.6 Å². The lowest BCUT2D eigenvalue weighted by Gasteiger charge is -2.22. The van der Waals surface area contributed by atoms with E-state index in [0.29, 0.717) is 6.42 Å². The topological polar surface area (TPSA) is 50.4 Å². The van der Waals surface area contributed by atoms with Crippen molar-refractivity contribution >= 4 is 11.6 Å². The molecule has 116 valence electrons. The van der Waals surface area contributed by atoms with Crippen molar-refractivity contribution in [2.45, 2.75) is 51.7 Å². The monoisotopic (exact) mass is 290 g/mol. The van der Waals surface area contributed by atoms with Crippen LogP contribution < -0.4 is 10.6 Å². The van der Waals surface area contributed by atoms with Crippen molar-refractivity contribution in [3.8, 4) is 0 Å². The number of nitrogens with one attached hydrogen (secondary N) is 2. The summed E-state index contributed by atoms with van der Waals surface area (Å²) in [6.07, 6.45) is 4.94. The molecule has 0 saturated carbocycles. The minimum atomic E-state index is 0.0422. The summed E-state index contributed by atoms with van der Waals surface area (Å²) < 4.78 is 5.60. The summed E-state index contributed by atoms with van der Waals surface area (Å²) in [5, 5.41) is 6.34. The van der Waals surface area contributed by atoms with Crippen LogP contribution >= 0.6 is 0 Å². The van der Waals surface area contributed by atoms with Crippen LogP contribution in [0.15, 0.2) is 24.3 Å². The van der Waals surface area contributed by atoms with Crippen LogP contribution in [0.5, 0.6) is 0 Å². The Hall–Kier alpha value is -1.39. The van der Waals surface area contributed by atoms with Gasteiger partial charge in [0, 0.05) is 18.8 Å². The summed E-state index contributed by atoms with van der Waals surface area (Å²) in [5.74, 6) is 0.0422. The first-order valence-electron chi connectivity index (χ1n) is 7.99. The van der Waals surface area contributed by atoms with Gasteiger partial charge in [0.25, 0.3) is 0 Å². The molecule has 0 bridgehead atoms. The Morgan fingerprint density at radius 3 is 3.05 bits per heavy atom. The van der Waals surface area contributed by atoms with Gasteiger partial charge in [0.15, 0.2) is 0 Å². The van der Waals surface area contributed by atoms with E-state index in [4.69, 9.17) is 4.74 Å². The average molecular weight is 290 g/mol. The maximum Gasteiger partial charge on any atom is 0.226 e. The van der Waals surface area contributed by atoms with Crippen LogP contribution in [0.2, 0.25) is 0 Å². The predicted molar refractivity (Wildman–Crippen MR) is 85.3 cm³/mol. The highest BCUT2D eigenvalue weighted by molar-refractivity contribution is 5.91. The summed E-state index contributed by atoms with van der Waals surface area (Å²) in [6, 6.07) is 8.02. The van der Waals surface area contributed by atoms with E-state index in [0.717, 1.165) is 51.1 Å². The van der Waals surface area contributed by atoms with Gasteiger partial charge in [-0.05, 0) is 49.9 Å². The van der Waals surface area contributed by atoms with E-state index in [2.05, 4.69) is 23.6 Å². The maximum absolute atomic E-state index is 12.0. The smallest absolute Gasteiger partial charge is 0.226 e. The van der Waals surface area contributed by atoms with E-state index in [1.807, 2.05) is 18.2 Å². The Morgan fingerprint density at radius 1 is 1.38 bits per heavy atom. The zero-order valence-electron chi connectivity index (χ0n) is 12.9. The van der Waals surface area contributed by atoms with E-state index in [1.54, 1.807) is 0 Å². The average Bonchev–Trinajstić information content (AvgIpc) is 2.49. The van der Waals surface area contributed by atoms with Crippen molar-refractivity contribution in [1.29, 1.82) is 0 Å². The molecule has 0 aliphatic carbocycles. The third-order valence-corrected chi connectivity index (χ3v) is 3.65. The molecule has 1 heterocycles. The third-order valence-electron chi connectivity index (χ3n) is 3.65. The van der Waals surface area contributed by atoms with Gasteiger partial charge in [0.1, 0.15) is 0 Å². The number of anilines is 1.